The Kier molecular flexibility index (Phi) is 2.87. The predicted molar refractivity (Wildman–Crippen MR) is 81.3 cm³/mol. The van der Waals surface area contributed by atoms with E-state index in [4.69, 9.17) is 5.73 Å². The molecule has 0 aliphatic carbocycles. The molecule has 3 rings (SSSR count). The Morgan fingerprint density at radius 3 is 2.67 bits per heavy atom. The van der Waals surface area contributed by atoms with Crippen LogP contribution in [-0.4, -0.2) is 9.97 Å². The van der Waals surface area contributed by atoms with Crippen LogP contribution in [0.4, 0.5) is 5.69 Å². The predicted octanol–water partition coefficient (Wildman–Crippen LogP) is 4.34. The van der Waals surface area contributed by atoms with Gasteiger partial charge >= 0.3 is 0 Å². The number of nitrogens with zero attached hydrogens (tertiary/aromatic N) is 1. The number of imidazole rings is 1. The van der Waals surface area contributed by atoms with E-state index in [9.17, 15) is 0 Å². The number of benzene rings is 2. The molecule has 3 aromatic rings. The van der Waals surface area contributed by atoms with Crippen LogP contribution in [0.25, 0.3) is 22.4 Å². The lowest BCUT2D eigenvalue weighted by Gasteiger charge is -2.00. The number of nitrogens with one attached hydrogen (secondary N) is 1. The molecule has 0 spiro atoms. The number of fused-ring (bicyclic) bond motifs is 1. The number of aromatic amines is 1. The van der Waals surface area contributed by atoms with Crippen molar-refractivity contribution < 1.29 is 0 Å². The largest absolute Gasteiger partial charge is 0.398 e. The van der Waals surface area contributed by atoms with Gasteiger partial charge < -0.3 is 10.7 Å². The normalized spacial score (nSPS) is 11.0. The lowest BCUT2D eigenvalue weighted by Crippen LogP contribution is -1.87. The number of hydrogen-bond donors (Lipinski definition) is 2. The summed E-state index contributed by atoms with van der Waals surface area (Å²) >= 11 is 6.87. The molecule has 0 aliphatic rings. The Hall–Kier alpha value is -1.33. The van der Waals surface area contributed by atoms with Gasteiger partial charge in [-0.1, -0.05) is 15.9 Å². The minimum Gasteiger partial charge on any atom is -0.398 e. The third-order valence-electron chi connectivity index (χ3n) is 2.72. The van der Waals surface area contributed by atoms with Crippen LogP contribution in [0.2, 0.25) is 0 Å². The molecule has 0 saturated carbocycles. The highest BCUT2D eigenvalue weighted by Crippen LogP contribution is 2.27. The van der Waals surface area contributed by atoms with E-state index in [1.54, 1.807) is 0 Å². The summed E-state index contributed by atoms with van der Waals surface area (Å²) in [5.41, 5.74) is 9.45. The molecule has 0 radical (unpaired) electrons. The van der Waals surface area contributed by atoms with Crippen LogP contribution in [-0.2, 0) is 0 Å². The van der Waals surface area contributed by atoms with Gasteiger partial charge in [0.15, 0.2) is 0 Å². The molecule has 0 fully saturated rings. The summed E-state index contributed by atoms with van der Waals surface area (Å²) < 4.78 is 1.91. The molecule has 3 N–H and O–H groups in total. The lowest BCUT2D eigenvalue weighted by molar-refractivity contribution is 1.33. The third-order valence-corrected chi connectivity index (χ3v) is 3.90. The summed E-state index contributed by atoms with van der Waals surface area (Å²) in [6.45, 7) is 0. The summed E-state index contributed by atoms with van der Waals surface area (Å²) in [4.78, 5) is 7.85. The summed E-state index contributed by atoms with van der Waals surface area (Å²) in [5.74, 6) is 0.837. The van der Waals surface area contributed by atoms with Crippen molar-refractivity contribution >= 4 is 48.6 Å². The molecule has 1 aromatic heterocycles. The monoisotopic (exact) mass is 365 g/mol. The molecule has 5 heteroatoms. The van der Waals surface area contributed by atoms with Crippen molar-refractivity contribution in [3.63, 3.8) is 0 Å². The second-order valence-corrected chi connectivity index (χ2v) is 5.75. The molecular weight excluding hydrogens is 358 g/mol. The molecule has 0 bridgehead atoms. The number of halogens is 2. The zero-order chi connectivity index (χ0) is 12.7. The topological polar surface area (TPSA) is 54.7 Å². The van der Waals surface area contributed by atoms with Crippen LogP contribution in [0, 0.1) is 0 Å². The van der Waals surface area contributed by atoms with Gasteiger partial charge in [0.25, 0.3) is 0 Å². The Labute approximate surface area is 121 Å². The number of hydrogen-bond acceptors (Lipinski definition) is 2. The van der Waals surface area contributed by atoms with E-state index in [2.05, 4.69) is 41.8 Å². The number of aromatic nitrogens is 2. The fourth-order valence-electron chi connectivity index (χ4n) is 1.79. The molecule has 0 amide bonds. The van der Waals surface area contributed by atoms with Gasteiger partial charge in [0, 0.05) is 20.2 Å². The second kappa shape index (κ2) is 4.40. The number of nitrogen functional groups attached to an aromatic ring is 1. The molecule has 3 nitrogen and oxygen atoms in total. The van der Waals surface area contributed by atoms with E-state index in [-0.39, 0.29) is 0 Å². The Bertz CT molecular complexity index is 734. The number of nitrogens with two attached hydrogens (primary N) is 1. The molecule has 2 aromatic carbocycles. The van der Waals surface area contributed by atoms with Gasteiger partial charge in [0.05, 0.1) is 11.0 Å². The highest BCUT2D eigenvalue weighted by molar-refractivity contribution is 9.10. The summed E-state index contributed by atoms with van der Waals surface area (Å²) in [6.07, 6.45) is 0. The molecule has 1 heterocycles. The van der Waals surface area contributed by atoms with Gasteiger partial charge in [-0.2, -0.15) is 0 Å². The first-order chi connectivity index (χ1) is 8.63. The molecular formula is C13H9Br2N3. The average molecular weight is 367 g/mol. The maximum Gasteiger partial charge on any atom is 0.138 e. The highest BCUT2D eigenvalue weighted by atomic mass is 79.9. The van der Waals surface area contributed by atoms with E-state index in [0.29, 0.717) is 0 Å². The van der Waals surface area contributed by atoms with Crippen molar-refractivity contribution in [1.82, 2.24) is 9.97 Å². The van der Waals surface area contributed by atoms with Crippen LogP contribution < -0.4 is 5.73 Å². The Balaban J connectivity index is 2.16. The van der Waals surface area contributed by atoms with Gasteiger partial charge in [-0.15, -0.1) is 0 Å². The SMILES string of the molecule is Nc1ccc(-c2nc3ccc(Br)cc3[nH]2)cc1Br. The van der Waals surface area contributed by atoms with Crippen LogP contribution in [0.3, 0.4) is 0 Å². The minimum atomic E-state index is 0.720. The van der Waals surface area contributed by atoms with Crippen molar-refractivity contribution in [2.45, 2.75) is 0 Å². The highest BCUT2D eigenvalue weighted by Gasteiger charge is 2.07. The van der Waals surface area contributed by atoms with E-state index in [1.165, 1.54) is 0 Å². The maximum atomic E-state index is 5.78. The smallest absolute Gasteiger partial charge is 0.138 e. The Morgan fingerprint density at radius 2 is 1.89 bits per heavy atom. The lowest BCUT2D eigenvalue weighted by atomic mass is 10.2. The standard InChI is InChI=1S/C13H9Br2N3/c14-8-2-4-11-12(6-8)18-13(17-11)7-1-3-10(16)9(15)5-7/h1-6H,16H2,(H,17,18). The minimum absolute atomic E-state index is 0.720. The van der Waals surface area contributed by atoms with Gasteiger partial charge in [-0.3, -0.25) is 0 Å². The summed E-state index contributed by atoms with van der Waals surface area (Å²) in [6, 6.07) is 11.7. The Morgan fingerprint density at radius 1 is 1.06 bits per heavy atom. The molecule has 0 saturated heterocycles. The van der Waals surface area contributed by atoms with Crippen LogP contribution in [0.1, 0.15) is 0 Å². The zero-order valence-electron chi connectivity index (χ0n) is 9.24. The van der Waals surface area contributed by atoms with Crippen molar-refractivity contribution in [1.29, 1.82) is 0 Å². The van der Waals surface area contributed by atoms with Crippen molar-refractivity contribution in [3.8, 4) is 11.4 Å². The van der Waals surface area contributed by atoms with Crippen LogP contribution in [0.5, 0.6) is 0 Å². The number of H-pyrrole nitrogens is 1. The van der Waals surface area contributed by atoms with E-state index in [0.717, 1.165) is 37.1 Å². The summed E-state index contributed by atoms with van der Waals surface area (Å²) in [5, 5.41) is 0. The van der Waals surface area contributed by atoms with Crippen molar-refractivity contribution in [2.75, 3.05) is 5.73 Å². The molecule has 0 atom stereocenters. The van der Waals surface area contributed by atoms with Crippen molar-refractivity contribution in [3.05, 3.63) is 45.3 Å². The molecule has 0 unspecified atom stereocenters. The van der Waals surface area contributed by atoms with E-state index < -0.39 is 0 Å². The third kappa shape index (κ3) is 2.04. The first-order valence-electron chi connectivity index (χ1n) is 5.34. The van der Waals surface area contributed by atoms with Gasteiger partial charge in [0.1, 0.15) is 5.82 Å². The van der Waals surface area contributed by atoms with Gasteiger partial charge in [0.2, 0.25) is 0 Å². The van der Waals surface area contributed by atoms with Crippen LogP contribution >= 0.6 is 31.9 Å². The molecule has 90 valence electrons. The quantitative estimate of drug-likeness (QED) is 0.629. The summed E-state index contributed by atoms with van der Waals surface area (Å²) in [7, 11) is 0. The van der Waals surface area contributed by atoms with E-state index >= 15 is 0 Å². The average Bonchev–Trinajstić information content (AvgIpc) is 2.75. The van der Waals surface area contributed by atoms with Gasteiger partial charge in [-0.25, -0.2) is 4.98 Å². The van der Waals surface area contributed by atoms with E-state index in [1.807, 2.05) is 36.4 Å². The maximum absolute atomic E-state index is 5.78. The molecule has 0 aliphatic heterocycles. The second-order valence-electron chi connectivity index (χ2n) is 3.98. The first kappa shape index (κ1) is 11.7. The first-order valence-corrected chi connectivity index (χ1v) is 6.93. The zero-order valence-corrected chi connectivity index (χ0v) is 12.4. The van der Waals surface area contributed by atoms with Gasteiger partial charge in [-0.05, 0) is 52.3 Å². The van der Waals surface area contributed by atoms with Crippen molar-refractivity contribution in [2.24, 2.45) is 0 Å². The number of rotatable bonds is 1. The fraction of sp³-hybridized carbons (Fsp3) is 0. The van der Waals surface area contributed by atoms with Crippen LogP contribution in [0.15, 0.2) is 45.3 Å². The molecule has 18 heavy (non-hydrogen) atoms. The fourth-order valence-corrected chi connectivity index (χ4v) is 2.53. The number of anilines is 1.